The number of nitrogens with one attached hydrogen (secondary N) is 2. The molecule has 7 heteroatoms. The second-order valence-corrected chi connectivity index (χ2v) is 6.76. The maximum Gasteiger partial charge on any atom is 0.191 e. The Balaban J connectivity index is 0.00000261. The monoisotopic (exact) mass is 489 g/mol. The number of benzene rings is 1. The average Bonchev–Trinajstić information content (AvgIpc) is 3.26. The summed E-state index contributed by atoms with van der Waals surface area (Å²) in [5, 5.41) is 6.92. The maximum atomic E-state index is 5.90. The molecule has 0 radical (unpaired) electrons. The Morgan fingerprint density at radius 1 is 1.19 bits per heavy atom. The molecule has 0 saturated carbocycles. The van der Waals surface area contributed by atoms with Crippen molar-refractivity contribution in [2.75, 3.05) is 26.8 Å². The topological polar surface area (TPSA) is 64.1 Å². The van der Waals surface area contributed by atoms with E-state index in [0.29, 0.717) is 31.5 Å². The van der Waals surface area contributed by atoms with Crippen molar-refractivity contribution in [2.45, 2.75) is 57.8 Å². The molecule has 152 valence electrons. The third-order valence-corrected chi connectivity index (χ3v) is 4.97. The lowest BCUT2D eigenvalue weighted by Gasteiger charge is -2.22. The Kier molecular flexibility index (Phi) is 8.95. The molecule has 2 N–H and O–H groups in total. The smallest absolute Gasteiger partial charge is 0.191 e. The molecule has 0 aliphatic carbocycles. The van der Waals surface area contributed by atoms with Crippen molar-refractivity contribution in [3.63, 3.8) is 0 Å². The van der Waals surface area contributed by atoms with Crippen LogP contribution in [0.25, 0.3) is 0 Å². The number of ether oxygens (including phenoxy) is 3. The Hall–Kier alpha value is -1.22. The van der Waals surface area contributed by atoms with Crippen molar-refractivity contribution in [1.29, 1.82) is 0 Å². The van der Waals surface area contributed by atoms with Crippen molar-refractivity contribution in [3.8, 4) is 11.5 Å². The van der Waals surface area contributed by atoms with Crippen molar-refractivity contribution in [3.05, 3.63) is 23.8 Å². The van der Waals surface area contributed by atoms with Gasteiger partial charge < -0.3 is 24.8 Å². The summed E-state index contributed by atoms with van der Waals surface area (Å²) in [7, 11) is 1.81. The highest BCUT2D eigenvalue weighted by Crippen LogP contribution is 2.34. The van der Waals surface area contributed by atoms with Crippen molar-refractivity contribution in [2.24, 2.45) is 4.99 Å². The molecule has 0 aromatic heterocycles. The predicted molar refractivity (Wildman–Crippen MR) is 119 cm³/mol. The number of nitrogens with zero attached hydrogens (tertiary/aromatic N) is 1. The van der Waals surface area contributed by atoms with E-state index in [1.165, 1.54) is 12.0 Å². The van der Waals surface area contributed by atoms with E-state index in [1.807, 2.05) is 27.0 Å². The fraction of sp³-hybridized carbons (Fsp3) is 0.650. The summed E-state index contributed by atoms with van der Waals surface area (Å²) in [5.74, 6) is 2.47. The molecule has 2 aliphatic heterocycles. The van der Waals surface area contributed by atoms with Gasteiger partial charge in [0.1, 0.15) is 0 Å². The van der Waals surface area contributed by atoms with Crippen molar-refractivity contribution < 1.29 is 14.2 Å². The largest absolute Gasteiger partial charge is 0.490 e. The first-order valence-electron chi connectivity index (χ1n) is 9.74. The number of guanidine groups is 1. The first kappa shape index (κ1) is 22.1. The lowest BCUT2D eigenvalue weighted by Crippen LogP contribution is -2.47. The molecule has 2 aliphatic rings. The molecule has 2 heterocycles. The number of hydrogen-bond acceptors (Lipinski definition) is 4. The Labute approximate surface area is 179 Å². The van der Waals surface area contributed by atoms with Crippen molar-refractivity contribution in [1.82, 2.24) is 10.6 Å². The molecule has 2 saturated heterocycles. The molecule has 0 amide bonds. The highest BCUT2D eigenvalue weighted by molar-refractivity contribution is 14.0. The van der Waals surface area contributed by atoms with Gasteiger partial charge in [0.05, 0.1) is 31.5 Å². The van der Waals surface area contributed by atoms with Gasteiger partial charge in [-0.15, -0.1) is 24.0 Å². The first-order valence-corrected chi connectivity index (χ1v) is 9.74. The summed E-state index contributed by atoms with van der Waals surface area (Å²) in [5.41, 5.74) is 1.21. The van der Waals surface area contributed by atoms with Gasteiger partial charge in [0.25, 0.3) is 0 Å². The Morgan fingerprint density at radius 3 is 2.59 bits per heavy atom. The minimum Gasteiger partial charge on any atom is -0.490 e. The quantitative estimate of drug-likeness (QED) is 0.334. The molecule has 6 nitrogen and oxygen atoms in total. The van der Waals surface area contributed by atoms with Crippen LogP contribution in [0.1, 0.15) is 38.7 Å². The van der Waals surface area contributed by atoms with Crippen LogP contribution in [0.4, 0.5) is 0 Å². The Bertz CT molecular complexity index is 626. The summed E-state index contributed by atoms with van der Waals surface area (Å²) >= 11 is 0. The minimum absolute atomic E-state index is 0. The second-order valence-electron chi connectivity index (χ2n) is 6.76. The molecule has 3 unspecified atom stereocenters. The third-order valence-electron chi connectivity index (χ3n) is 4.97. The van der Waals surface area contributed by atoms with Crippen LogP contribution in [-0.4, -0.2) is 51.0 Å². The van der Waals surface area contributed by atoms with Crippen LogP contribution in [-0.2, 0) is 11.2 Å². The molecule has 3 rings (SSSR count). The van der Waals surface area contributed by atoms with Crippen LogP contribution in [0.15, 0.2) is 23.2 Å². The molecular weight excluding hydrogens is 457 g/mol. The molecule has 2 bridgehead atoms. The van der Waals surface area contributed by atoms with Gasteiger partial charge in [0.2, 0.25) is 0 Å². The number of fused-ring (bicyclic) bond motifs is 2. The fourth-order valence-electron chi connectivity index (χ4n) is 3.74. The third kappa shape index (κ3) is 5.88. The van der Waals surface area contributed by atoms with Gasteiger partial charge in [-0.3, -0.25) is 4.99 Å². The molecule has 1 aromatic rings. The van der Waals surface area contributed by atoms with E-state index in [4.69, 9.17) is 14.2 Å². The Morgan fingerprint density at radius 2 is 1.96 bits per heavy atom. The van der Waals surface area contributed by atoms with Crippen LogP contribution in [0.3, 0.4) is 0 Å². The maximum absolute atomic E-state index is 5.90. The fourth-order valence-corrected chi connectivity index (χ4v) is 3.74. The van der Waals surface area contributed by atoms with E-state index in [-0.39, 0.29) is 24.0 Å². The zero-order chi connectivity index (χ0) is 18.4. The van der Waals surface area contributed by atoms with Gasteiger partial charge >= 0.3 is 0 Å². The van der Waals surface area contributed by atoms with E-state index in [1.54, 1.807) is 0 Å². The zero-order valence-corrected chi connectivity index (χ0v) is 18.8. The highest BCUT2D eigenvalue weighted by Gasteiger charge is 2.41. The lowest BCUT2D eigenvalue weighted by molar-refractivity contribution is 0.0992. The van der Waals surface area contributed by atoms with Gasteiger partial charge in [0, 0.05) is 13.6 Å². The van der Waals surface area contributed by atoms with E-state index in [2.05, 4.69) is 27.8 Å². The summed E-state index contributed by atoms with van der Waals surface area (Å²) in [6.45, 7) is 6.03. The zero-order valence-electron chi connectivity index (χ0n) is 16.5. The average molecular weight is 489 g/mol. The molecule has 27 heavy (non-hydrogen) atoms. The van der Waals surface area contributed by atoms with Gasteiger partial charge in [-0.25, -0.2) is 0 Å². The number of aliphatic imine (C=N–C) groups is 1. The van der Waals surface area contributed by atoms with Crippen molar-refractivity contribution >= 4 is 29.9 Å². The summed E-state index contributed by atoms with van der Waals surface area (Å²) < 4.78 is 17.2. The van der Waals surface area contributed by atoms with Gasteiger partial charge in [-0.2, -0.15) is 0 Å². The minimum atomic E-state index is 0. The summed E-state index contributed by atoms with van der Waals surface area (Å²) in [6, 6.07) is 6.53. The number of halogens is 1. The molecule has 0 spiro atoms. The molecular formula is C20H32IN3O3. The van der Waals surface area contributed by atoms with E-state index in [9.17, 15) is 0 Å². The molecule has 1 aromatic carbocycles. The van der Waals surface area contributed by atoms with Crippen LogP contribution >= 0.6 is 24.0 Å². The van der Waals surface area contributed by atoms with E-state index >= 15 is 0 Å². The van der Waals surface area contributed by atoms with E-state index in [0.717, 1.165) is 43.3 Å². The van der Waals surface area contributed by atoms with Gasteiger partial charge in [-0.05, 0) is 57.2 Å². The lowest BCUT2D eigenvalue weighted by atomic mass is 9.96. The normalized spacial score (nSPS) is 23.7. The van der Waals surface area contributed by atoms with Gasteiger partial charge in [-0.1, -0.05) is 6.07 Å². The van der Waals surface area contributed by atoms with Crippen LogP contribution in [0.2, 0.25) is 0 Å². The predicted octanol–water partition coefficient (Wildman–Crippen LogP) is 3.13. The molecule has 3 atom stereocenters. The standard InChI is InChI=1S/C20H31N3O3.HI/c1-4-24-18-8-6-14(12-19(18)25-5-2)10-11-22-20(21-3)23-16-13-15-7-9-17(16)26-15;/h6,8,12,15-17H,4-5,7,9-11,13H2,1-3H3,(H2,21,22,23);1H. The van der Waals surface area contributed by atoms with Crippen LogP contribution in [0, 0.1) is 0 Å². The van der Waals surface area contributed by atoms with Gasteiger partial charge in [0.15, 0.2) is 17.5 Å². The second kappa shape index (κ2) is 10.9. The number of hydrogen-bond donors (Lipinski definition) is 2. The summed E-state index contributed by atoms with van der Waals surface area (Å²) in [6.07, 6.45) is 5.12. The van der Waals surface area contributed by atoms with E-state index < -0.39 is 0 Å². The molecule has 2 fully saturated rings. The van der Waals surface area contributed by atoms with Crippen LogP contribution < -0.4 is 20.1 Å². The first-order chi connectivity index (χ1) is 12.7. The summed E-state index contributed by atoms with van der Waals surface area (Å²) in [4.78, 5) is 4.35. The number of rotatable bonds is 8. The highest BCUT2D eigenvalue weighted by atomic mass is 127. The SMILES string of the molecule is CCOc1ccc(CCNC(=NC)NC2CC3CCC2O3)cc1OCC.I. The van der Waals surface area contributed by atoms with Crippen LogP contribution in [0.5, 0.6) is 11.5 Å².